The highest BCUT2D eigenvalue weighted by Crippen LogP contribution is 2.42. The van der Waals surface area contributed by atoms with Gasteiger partial charge >= 0.3 is 0 Å². The van der Waals surface area contributed by atoms with Gasteiger partial charge in [-0.05, 0) is 55.7 Å². The molecule has 1 fully saturated rings. The van der Waals surface area contributed by atoms with Crippen LogP contribution in [0.25, 0.3) is 0 Å². The second-order valence-electron chi connectivity index (χ2n) is 5.67. The van der Waals surface area contributed by atoms with E-state index in [-0.39, 0.29) is 0 Å². The van der Waals surface area contributed by atoms with Crippen molar-refractivity contribution in [3.05, 3.63) is 35.4 Å². The Bertz CT molecular complexity index is 482. The molecule has 0 amide bonds. The fraction of sp³-hybridized carbons (Fsp3) is 0.562. The Morgan fingerprint density at radius 1 is 1.26 bits per heavy atom. The Hall–Kier alpha value is -1.43. The molecule has 0 spiro atoms. The summed E-state index contributed by atoms with van der Waals surface area (Å²) in [6.07, 6.45) is 5.54. The van der Waals surface area contributed by atoms with Gasteiger partial charge in [0.2, 0.25) is 0 Å². The van der Waals surface area contributed by atoms with Gasteiger partial charge in [0.1, 0.15) is 0 Å². The van der Waals surface area contributed by atoms with Crippen LogP contribution < -0.4 is 0 Å². The van der Waals surface area contributed by atoms with Crippen LogP contribution >= 0.6 is 0 Å². The first-order valence-corrected chi connectivity index (χ1v) is 6.94. The van der Waals surface area contributed by atoms with Crippen LogP contribution in [0.2, 0.25) is 0 Å². The van der Waals surface area contributed by atoms with Gasteiger partial charge in [0.05, 0.1) is 11.5 Å². The summed E-state index contributed by atoms with van der Waals surface area (Å²) in [6.45, 7) is 2.18. The van der Waals surface area contributed by atoms with E-state index in [2.05, 4.69) is 13.0 Å². The molecule has 102 valence electrons. The summed E-state index contributed by atoms with van der Waals surface area (Å²) in [7, 11) is 0. The quantitative estimate of drug-likeness (QED) is 0.780. The lowest BCUT2D eigenvalue weighted by molar-refractivity contribution is 0.205. The van der Waals surface area contributed by atoms with Crippen LogP contribution in [0.1, 0.15) is 44.6 Å². The zero-order valence-electron chi connectivity index (χ0n) is 11.3. The second-order valence-corrected chi connectivity index (χ2v) is 5.67. The van der Waals surface area contributed by atoms with Crippen LogP contribution in [0.4, 0.5) is 8.78 Å². The molecule has 0 bridgehead atoms. The predicted molar refractivity (Wildman–Crippen MR) is 70.4 cm³/mol. The van der Waals surface area contributed by atoms with E-state index >= 15 is 0 Å². The molecule has 0 aliphatic heterocycles. The minimum absolute atomic E-state index is 0.393. The number of hydrogen-bond donors (Lipinski definition) is 0. The van der Waals surface area contributed by atoms with Crippen molar-refractivity contribution < 1.29 is 8.78 Å². The van der Waals surface area contributed by atoms with Gasteiger partial charge in [-0.25, -0.2) is 8.78 Å². The number of benzene rings is 1. The molecule has 0 N–H and O–H groups in total. The van der Waals surface area contributed by atoms with Crippen molar-refractivity contribution in [1.82, 2.24) is 0 Å². The lowest BCUT2D eigenvalue weighted by Gasteiger charge is -2.34. The average Bonchev–Trinajstić information content (AvgIpc) is 2.44. The van der Waals surface area contributed by atoms with Crippen molar-refractivity contribution in [1.29, 1.82) is 5.26 Å². The molecule has 1 saturated carbocycles. The molecule has 0 heterocycles. The van der Waals surface area contributed by atoms with Crippen LogP contribution in [-0.2, 0) is 6.42 Å². The maximum Gasteiger partial charge on any atom is 0.159 e. The molecule has 1 nitrogen and oxygen atoms in total. The van der Waals surface area contributed by atoms with Gasteiger partial charge < -0.3 is 0 Å². The molecule has 1 aliphatic carbocycles. The zero-order chi connectivity index (χ0) is 13.9. The van der Waals surface area contributed by atoms with Gasteiger partial charge in [-0.15, -0.1) is 0 Å². The summed E-state index contributed by atoms with van der Waals surface area (Å²) in [5, 5.41) is 9.47. The Morgan fingerprint density at radius 3 is 2.47 bits per heavy atom. The molecule has 0 unspecified atom stereocenters. The molecular weight excluding hydrogens is 244 g/mol. The van der Waals surface area contributed by atoms with Crippen LogP contribution in [-0.4, -0.2) is 0 Å². The number of hydrogen-bond acceptors (Lipinski definition) is 1. The number of nitriles is 1. The average molecular weight is 263 g/mol. The third-order valence-corrected chi connectivity index (χ3v) is 4.40. The summed E-state index contributed by atoms with van der Waals surface area (Å²) in [5.74, 6) is -0.941. The smallest absolute Gasteiger partial charge is 0.159 e. The summed E-state index contributed by atoms with van der Waals surface area (Å²) in [5.41, 5.74) is 0.325. The molecule has 1 aromatic rings. The number of nitrogens with zero attached hydrogens (tertiary/aromatic N) is 1. The molecular formula is C16H19F2N. The van der Waals surface area contributed by atoms with Crippen molar-refractivity contribution in [3.63, 3.8) is 0 Å². The number of rotatable bonds is 3. The van der Waals surface area contributed by atoms with Gasteiger partial charge in [-0.1, -0.05) is 19.4 Å². The molecule has 0 aromatic heterocycles. The van der Waals surface area contributed by atoms with Crippen molar-refractivity contribution in [2.45, 2.75) is 45.4 Å². The van der Waals surface area contributed by atoms with Crippen LogP contribution in [0.3, 0.4) is 0 Å². The Balaban J connectivity index is 2.11. The largest absolute Gasteiger partial charge is 0.204 e. The summed E-state index contributed by atoms with van der Waals surface area (Å²) < 4.78 is 26.1. The molecule has 0 radical (unpaired) electrons. The van der Waals surface area contributed by atoms with E-state index in [0.717, 1.165) is 43.7 Å². The van der Waals surface area contributed by atoms with E-state index in [0.29, 0.717) is 12.3 Å². The van der Waals surface area contributed by atoms with E-state index in [1.807, 2.05) is 0 Å². The van der Waals surface area contributed by atoms with E-state index in [1.54, 1.807) is 6.07 Å². The third kappa shape index (κ3) is 3.12. The monoisotopic (exact) mass is 263 g/mol. The summed E-state index contributed by atoms with van der Waals surface area (Å²) >= 11 is 0. The minimum atomic E-state index is -0.829. The molecule has 3 heteroatoms. The molecule has 19 heavy (non-hydrogen) atoms. The molecule has 1 aromatic carbocycles. The third-order valence-electron chi connectivity index (χ3n) is 4.40. The fourth-order valence-electron chi connectivity index (χ4n) is 3.01. The van der Waals surface area contributed by atoms with Gasteiger partial charge in [0.25, 0.3) is 0 Å². The first-order chi connectivity index (χ1) is 9.08. The first-order valence-electron chi connectivity index (χ1n) is 6.94. The molecule has 2 rings (SSSR count). The van der Waals surface area contributed by atoms with E-state index < -0.39 is 17.0 Å². The van der Waals surface area contributed by atoms with Gasteiger partial charge in [0, 0.05) is 0 Å². The predicted octanol–water partition coefficient (Wildman–Crippen LogP) is 4.62. The van der Waals surface area contributed by atoms with Crippen LogP contribution in [0.15, 0.2) is 18.2 Å². The lowest BCUT2D eigenvalue weighted by atomic mass is 9.68. The maximum atomic E-state index is 13.2. The van der Waals surface area contributed by atoms with Crippen molar-refractivity contribution >= 4 is 0 Å². The zero-order valence-corrected chi connectivity index (χ0v) is 11.3. The van der Waals surface area contributed by atoms with Gasteiger partial charge in [0.15, 0.2) is 11.6 Å². The van der Waals surface area contributed by atoms with Crippen molar-refractivity contribution in [2.24, 2.45) is 11.3 Å². The topological polar surface area (TPSA) is 23.8 Å². The molecule has 0 saturated heterocycles. The highest BCUT2D eigenvalue weighted by Gasteiger charge is 2.35. The SMILES string of the molecule is CCC1CCC(C#N)(Cc2ccc(F)c(F)c2)CC1. The highest BCUT2D eigenvalue weighted by molar-refractivity contribution is 5.22. The normalized spacial score (nSPS) is 26.9. The minimum Gasteiger partial charge on any atom is -0.204 e. The highest BCUT2D eigenvalue weighted by atomic mass is 19.2. The van der Waals surface area contributed by atoms with Crippen molar-refractivity contribution in [3.8, 4) is 6.07 Å². The summed E-state index contributed by atoms with van der Waals surface area (Å²) in [6, 6.07) is 6.38. The Morgan fingerprint density at radius 2 is 1.95 bits per heavy atom. The number of halogens is 2. The van der Waals surface area contributed by atoms with E-state index in [9.17, 15) is 14.0 Å². The van der Waals surface area contributed by atoms with Gasteiger partial charge in [-0.2, -0.15) is 5.26 Å². The first kappa shape index (κ1) is 14.0. The Kier molecular flexibility index (Phi) is 4.19. The van der Waals surface area contributed by atoms with Crippen molar-refractivity contribution in [2.75, 3.05) is 0 Å². The maximum absolute atomic E-state index is 13.2. The Labute approximate surface area is 113 Å². The fourth-order valence-corrected chi connectivity index (χ4v) is 3.01. The second kappa shape index (κ2) is 5.69. The van der Waals surface area contributed by atoms with Crippen LogP contribution in [0.5, 0.6) is 0 Å². The molecule has 0 atom stereocenters. The van der Waals surface area contributed by atoms with Gasteiger partial charge in [-0.3, -0.25) is 0 Å². The molecule has 1 aliphatic rings. The van der Waals surface area contributed by atoms with E-state index in [1.165, 1.54) is 6.07 Å². The lowest BCUT2D eigenvalue weighted by Crippen LogP contribution is -2.28. The van der Waals surface area contributed by atoms with E-state index in [4.69, 9.17) is 0 Å². The van der Waals surface area contributed by atoms with Crippen LogP contribution in [0, 0.1) is 34.3 Å². The standard InChI is InChI=1S/C16H19F2N/c1-2-12-5-7-16(11-19,8-6-12)10-13-3-4-14(17)15(18)9-13/h3-4,9,12H,2,5-8,10H2,1H3. The summed E-state index contributed by atoms with van der Waals surface area (Å²) in [4.78, 5) is 0.